The lowest BCUT2D eigenvalue weighted by Gasteiger charge is -2.35. The van der Waals surface area contributed by atoms with Crippen LogP contribution in [0.3, 0.4) is 0 Å². The molecule has 5 nitrogen and oxygen atoms in total. The van der Waals surface area contributed by atoms with Crippen LogP contribution in [0, 0.1) is 11.3 Å². The summed E-state index contributed by atoms with van der Waals surface area (Å²) in [6, 6.07) is 6.44. The van der Waals surface area contributed by atoms with Crippen molar-refractivity contribution < 1.29 is 8.42 Å². The smallest absolute Gasteiger partial charge is 0.244 e. The van der Waals surface area contributed by atoms with Gasteiger partial charge in [-0.3, -0.25) is 0 Å². The van der Waals surface area contributed by atoms with Crippen LogP contribution in [0.1, 0.15) is 18.4 Å². The van der Waals surface area contributed by atoms with Gasteiger partial charge >= 0.3 is 0 Å². The molecular weight excluding hydrogens is 310 g/mol. The zero-order valence-corrected chi connectivity index (χ0v) is 13.7. The highest BCUT2D eigenvalue weighted by Gasteiger charge is 2.32. The highest BCUT2D eigenvalue weighted by Crippen LogP contribution is 2.28. The minimum atomic E-state index is -3.62. The van der Waals surface area contributed by atoms with Crippen molar-refractivity contribution >= 4 is 21.6 Å². The standard InChI is InChI=1S/C14H18ClN3O2S/c1-17(2)12-4-3-7-18(10-12)21(19,20)14-6-5-11(9-16)8-13(14)15/h5-6,8,12H,3-4,7,10H2,1-2H3. The number of hydrogen-bond donors (Lipinski definition) is 0. The van der Waals surface area contributed by atoms with Crippen LogP contribution in [0.15, 0.2) is 23.1 Å². The summed E-state index contributed by atoms with van der Waals surface area (Å²) in [7, 11) is 0.289. The van der Waals surface area contributed by atoms with Gasteiger partial charge in [-0.05, 0) is 45.1 Å². The zero-order chi connectivity index (χ0) is 15.6. The van der Waals surface area contributed by atoms with Gasteiger partial charge in [-0.15, -0.1) is 0 Å². The molecule has 2 rings (SSSR count). The van der Waals surface area contributed by atoms with Crippen LogP contribution in [0.5, 0.6) is 0 Å². The molecule has 1 unspecified atom stereocenters. The predicted octanol–water partition coefficient (Wildman–Crippen LogP) is 1.93. The fourth-order valence-electron chi connectivity index (χ4n) is 2.48. The molecule has 1 aromatic carbocycles. The van der Waals surface area contributed by atoms with Crippen molar-refractivity contribution in [3.05, 3.63) is 28.8 Å². The molecule has 114 valence electrons. The number of likely N-dealkylation sites (N-methyl/N-ethyl adjacent to an activating group) is 1. The highest BCUT2D eigenvalue weighted by molar-refractivity contribution is 7.89. The summed E-state index contributed by atoms with van der Waals surface area (Å²) < 4.78 is 26.9. The fourth-order valence-corrected chi connectivity index (χ4v) is 4.51. The van der Waals surface area contributed by atoms with Crippen molar-refractivity contribution in [1.29, 1.82) is 5.26 Å². The third kappa shape index (κ3) is 3.38. The number of nitrogens with zero attached hydrogens (tertiary/aromatic N) is 3. The summed E-state index contributed by atoms with van der Waals surface area (Å²) in [5, 5.41) is 8.92. The SMILES string of the molecule is CN(C)C1CCCN(S(=O)(=O)c2ccc(C#N)cc2Cl)C1. The normalized spacial score (nSPS) is 20.4. The van der Waals surface area contributed by atoms with E-state index in [1.807, 2.05) is 25.1 Å². The van der Waals surface area contributed by atoms with Crippen molar-refractivity contribution in [1.82, 2.24) is 9.21 Å². The molecular formula is C14H18ClN3O2S. The van der Waals surface area contributed by atoms with E-state index in [1.54, 1.807) is 0 Å². The van der Waals surface area contributed by atoms with Gasteiger partial charge in [0.25, 0.3) is 0 Å². The largest absolute Gasteiger partial charge is 0.305 e. The van der Waals surface area contributed by atoms with Crippen molar-refractivity contribution in [3.63, 3.8) is 0 Å². The molecule has 0 spiro atoms. The van der Waals surface area contributed by atoms with Gasteiger partial charge in [0.1, 0.15) is 4.90 Å². The number of rotatable bonds is 3. The minimum absolute atomic E-state index is 0.0718. The second-order valence-corrected chi connectivity index (χ2v) is 7.69. The first kappa shape index (κ1) is 16.2. The van der Waals surface area contributed by atoms with E-state index in [0.29, 0.717) is 18.7 Å². The monoisotopic (exact) mass is 327 g/mol. The third-order valence-electron chi connectivity index (χ3n) is 3.77. The van der Waals surface area contributed by atoms with Crippen LogP contribution in [0.2, 0.25) is 5.02 Å². The molecule has 1 saturated heterocycles. The maximum atomic E-state index is 12.7. The Morgan fingerprint density at radius 1 is 1.43 bits per heavy atom. The van der Waals surface area contributed by atoms with E-state index in [1.165, 1.54) is 22.5 Å². The number of sulfonamides is 1. The van der Waals surface area contributed by atoms with Crippen LogP contribution in [-0.4, -0.2) is 50.8 Å². The summed E-state index contributed by atoms with van der Waals surface area (Å²) >= 11 is 6.04. The Labute approximate surface area is 130 Å². The van der Waals surface area contributed by atoms with Crippen LogP contribution in [0.25, 0.3) is 0 Å². The zero-order valence-electron chi connectivity index (χ0n) is 12.1. The first-order valence-electron chi connectivity index (χ1n) is 6.72. The molecule has 1 aliphatic rings. The topological polar surface area (TPSA) is 64.4 Å². The van der Waals surface area contributed by atoms with E-state index >= 15 is 0 Å². The molecule has 0 aliphatic carbocycles. The van der Waals surface area contributed by atoms with E-state index in [0.717, 1.165) is 12.8 Å². The minimum Gasteiger partial charge on any atom is -0.305 e. The van der Waals surface area contributed by atoms with Gasteiger partial charge < -0.3 is 4.90 Å². The van der Waals surface area contributed by atoms with Crippen LogP contribution < -0.4 is 0 Å². The molecule has 1 aromatic rings. The quantitative estimate of drug-likeness (QED) is 0.851. The second-order valence-electron chi connectivity index (χ2n) is 5.38. The molecule has 0 bridgehead atoms. The summed E-state index contributed by atoms with van der Waals surface area (Å²) in [6.07, 6.45) is 1.82. The molecule has 1 fully saturated rings. The first-order valence-corrected chi connectivity index (χ1v) is 8.54. The van der Waals surface area contributed by atoms with Gasteiger partial charge in [0.15, 0.2) is 0 Å². The van der Waals surface area contributed by atoms with E-state index in [4.69, 9.17) is 16.9 Å². The molecule has 7 heteroatoms. The van der Waals surface area contributed by atoms with Gasteiger partial charge in [-0.2, -0.15) is 9.57 Å². The number of hydrogen-bond acceptors (Lipinski definition) is 4. The Morgan fingerprint density at radius 2 is 2.14 bits per heavy atom. The molecule has 21 heavy (non-hydrogen) atoms. The lowest BCUT2D eigenvalue weighted by molar-refractivity contribution is 0.190. The van der Waals surface area contributed by atoms with E-state index in [-0.39, 0.29) is 16.0 Å². The number of nitriles is 1. The molecule has 0 radical (unpaired) electrons. The van der Waals surface area contributed by atoms with Crippen molar-refractivity contribution in [2.75, 3.05) is 27.2 Å². The maximum Gasteiger partial charge on any atom is 0.244 e. The molecule has 0 saturated carbocycles. The molecule has 1 aliphatic heterocycles. The first-order chi connectivity index (χ1) is 9.86. The number of benzene rings is 1. The van der Waals surface area contributed by atoms with Crippen LogP contribution >= 0.6 is 11.6 Å². The molecule has 0 aromatic heterocycles. The molecule has 1 heterocycles. The van der Waals surface area contributed by atoms with E-state index in [2.05, 4.69) is 0 Å². The Kier molecular flexibility index (Phi) is 4.89. The maximum absolute atomic E-state index is 12.7. The predicted molar refractivity (Wildman–Crippen MR) is 81.6 cm³/mol. The van der Waals surface area contributed by atoms with Gasteiger partial charge in [0.05, 0.1) is 16.7 Å². The average Bonchev–Trinajstić information content (AvgIpc) is 2.46. The highest BCUT2D eigenvalue weighted by atomic mass is 35.5. The number of halogens is 1. The van der Waals surface area contributed by atoms with Gasteiger partial charge in [-0.25, -0.2) is 8.42 Å². The summed E-state index contributed by atoms with van der Waals surface area (Å²) in [6.45, 7) is 0.967. The van der Waals surface area contributed by atoms with Crippen LogP contribution in [-0.2, 0) is 10.0 Å². The number of piperidine rings is 1. The lowest BCUT2D eigenvalue weighted by atomic mass is 10.1. The molecule has 1 atom stereocenters. The third-order valence-corrected chi connectivity index (χ3v) is 6.12. The Morgan fingerprint density at radius 3 is 2.71 bits per heavy atom. The van der Waals surface area contributed by atoms with Gasteiger partial charge in [-0.1, -0.05) is 11.6 Å². The van der Waals surface area contributed by atoms with E-state index in [9.17, 15) is 8.42 Å². The Bertz CT molecular complexity index is 667. The van der Waals surface area contributed by atoms with E-state index < -0.39 is 10.0 Å². The summed E-state index contributed by atoms with van der Waals surface area (Å²) in [5.74, 6) is 0. The van der Waals surface area contributed by atoms with Crippen LogP contribution in [0.4, 0.5) is 0 Å². The van der Waals surface area contributed by atoms with Crippen molar-refractivity contribution in [2.45, 2.75) is 23.8 Å². The van der Waals surface area contributed by atoms with Crippen molar-refractivity contribution in [2.24, 2.45) is 0 Å². The van der Waals surface area contributed by atoms with Gasteiger partial charge in [0, 0.05) is 19.1 Å². The van der Waals surface area contributed by atoms with Gasteiger partial charge in [0.2, 0.25) is 10.0 Å². The molecule has 0 amide bonds. The Hall–Kier alpha value is -1.13. The fraction of sp³-hybridized carbons (Fsp3) is 0.500. The lowest BCUT2D eigenvalue weighted by Crippen LogP contribution is -2.47. The average molecular weight is 328 g/mol. The molecule has 0 N–H and O–H groups in total. The van der Waals surface area contributed by atoms with Crippen molar-refractivity contribution in [3.8, 4) is 6.07 Å². The second kappa shape index (κ2) is 6.32. The summed E-state index contributed by atoms with van der Waals surface area (Å²) in [4.78, 5) is 2.12. The summed E-state index contributed by atoms with van der Waals surface area (Å²) in [5.41, 5.74) is 0.351. The Balaban J connectivity index is 2.32.